The first-order chi connectivity index (χ1) is 13.5. The molecule has 0 fully saturated rings. The maximum absolute atomic E-state index is 12.2. The van der Waals surface area contributed by atoms with Crippen LogP contribution in [-0.4, -0.2) is 68.6 Å². The van der Waals surface area contributed by atoms with Gasteiger partial charge in [-0.05, 0) is 34.5 Å². The Balaban J connectivity index is 2.83. The lowest BCUT2D eigenvalue weighted by atomic mass is 10.1. The standard InChI is InChI=1S/C16H20BrN3O8S/c17-8-3-7(21)4-11(14(8)25)29-6-10(15(26)19-5-13(23)24)20-12(22)2-1-9(18)16(27)28/h3-4,9-10,21,25H,1-2,5-6,18H2,(H,19,26)(H,20,22)(H,23,24)(H,27,28). The van der Waals surface area contributed by atoms with Crippen molar-refractivity contribution in [2.45, 2.75) is 29.8 Å². The molecule has 11 nitrogen and oxygen atoms in total. The van der Waals surface area contributed by atoms with E-state index in [0.717, 1.165) is 11.8 Å². The topological polar surface area (TPSA) is 199 Å². The first-order valence-corrected chi connectivity index (χ1v) is 9.90. The molecule has 0 aliphatic carbocycles. The highest BCUT2D eigenvalue weighted by molar-refractivity contribution is 9.10. The summed E-state index contributed by atoms with van der Waals surface area (Å²) in [4.78, 5) is 45.8. The Morgan fingerprint density at radius 1 is 1.17 bits per heavy atom. The number of nitrogens with one attached hydrogen (secondary N) is 2. The molecule has 2 atom stereocenters. The van der Waals surface area contributed by atoms with Crippen LogP contribution in [0.1, 0.15) is 12.8 Å². The highest BCUT2D eigenvalue weighted by atomic mass is 79.9. The number of aromatic hydroxyl groups is 2. The Hall–Kier alpha value is -2.51. The fourth-order valence-corrected chi connectivity index (χ4v) is 3.60. The van der Waals surface area contributed by atoms with Crippen molar-refractivity contribution in [3.05, 3.63) is 16.6 Å². The van der Waals surface area contributed by atoms with Gasteiger partial charge in [-0.15, -0.1) is 11.8 Å². The van der Waals surface area contributed by atoms with Crippen LogP contribution in [0, 0.1) is 0 Å². The quantitative estimate of drug-likeness (QED) is 0.160. The third kappa shape index (κ3) is 8.58. The number of phenolic OH excluding ortho intramolecular Hbond substituents is 2. The predicted molar refractivity (Wildman–Crippen MR) is 106 cm³/mol. The van der Waals surface area contributed by atoms with Crippen LogP contribution in [0.15, 0.2) is 21.5 Å². The van der Waals surface area contributed by atoms with Crippen molar-refractivity contribution in [3.63, 3.8) is 0 Å². The normalized spacial score (nSPS) is 12.6. The van der Waals surface area contributed by atoms with E-state index in [2.05, 4.69) is 26.6 Å². The highest BCUT2D eigenvalue weighted by Crippen LogP contribution is 2.38. The van der Waals surface area contributed by atoms with Crippen molar-refractivity contribution in [2.24, 2.45) is 5.73 Å². The zero-order valence-corrected chi connectivity index (χ0v) is 17.3. The van der Waals surface area contributed by atoms with E-state index in [-0.39, 0.29) is 39.5 Å². The van der Waals surface area contributed by atoms with Gasteiger partial charge in [-0.1, -0.05) is 0 Å². The van der Waals surface area contributed by atoms with Crippen LogP contribution >= 0.6 is 27.7 Å². The van der Waals surface area contributed by atoms with Gasteiger partial charge in [0.05, 0.1) is 9.37 Å². The molecule has 1 rings (SSSR count). The second kappa shape index (κ2) is 11.5. The third-order valence-electron chi connectivity index (χ3n) is 3.48. The van der Waals surface area contributed by atoms with Gasteiger partial charge in [0.1, 0.15) is 30.1 Å². The number of carbonyl (C=O) groups is 4. The zero-order chi connectivity index (χ0) is 22.1. The Kier molecular flexibility index (Phi) is 9.71. The molecule has 8 N–H and O–H groups in total. The number of phenols is 2. The number of halogens is 1. The summed E-state index contributed by atoms with van der Waals surface area (Å²) in [6.07, 6.45) is -0.415. The van der Waals surface area contributed by atoms with Crippen LogP contribution in [0.25, 0.3) is 0 Å². The molecule has 29 heavy (non-hydrogen) atoms. The van der Waals surface area contributed by atoms with E-state index in [1.54, 1.807) is 0 Å². The van der Waals surface area contributed by atoms with Crippen molar-refractivity contribution in [1.29, 1.82) is 0 Å². The van der Waals surface area contributed by atoms with Gasteiger partial charge >= 0.3 is 11.9 Å². The monoisotopic (exact) mass is 493 g/mol. The van der Waals surface area contributed by atoms with Gasteiger partial charge in [0.25, 0.3) is 0 Å². The van der Waals surface area contributed by atoms with Crippen molar-refractivity contribution in [3.8, 4) is 11.5 Å². The molecular formula is C16H20BrN3O8S. The van der Waals surface area contributed by atoms with Gasteiger partial charge in [-0.3, -0.25) is 19.2 Å². The maximum Gasteiger partial charge on any atom is 0.322 e. The molecule has 0 heterocycles. The number of hydrogen-bond acceptors (Lipinski definition) is 8. The van der Waals surface area contributed by atoms with Gasteiger partial charge < -0.3 is 36.8 Å². The van der Waals surface area contributed by atoms with Crippen LogP contribution in [0.4, 0.5) is 0 Å². The second-order valence-electron chi connectivity index (χ2n) is 5.80. The summed E-state index contributed by atoms with van der Waals surface area (Å²) in [5, 5.41) is 41.6. The number of benzene rings is 1. The zero-order valence-electron chi connectivity index (χ0n) is 14.9. The first kappa shape index (κ1) is 24.5. The number of carbonyl (C=O) groups excluding carboxylic acids is 2. The van der Waals surface area contributed by atoms with E-state index < -0.39 is 42.4 Å². The first-order valence-electron chi connectivity index (χ1n) is 8.12. The number of amides is 2. The van der Waals surface area contributed by atoms with Crippen molar-refractivity contribution in [2.75, 3.05) is 12.3 Å². The molecular weight excluding hydrogens is 474 g/mol. The van der Waals surface area contributed by atoms with Crippen LogP contribution < -0.4 is 16.4 Å². The second-order valence-corrected chi connectivity index (χ2v) is 7.72. The van der Waals surface area contributed by atoms with Gasteiger partial charge in [-0.25, -0.2) is 0 Å². The van der Waals surface area contributed by atoms with Gasteiger partial charge in [-0.2, -0.15) is 0 Å². The Morgan fingerprint density at radius 3 is 2.41 bits per heavy atom. The molecule has 2 unspecified atom stereocenters. The predicted octanol–water partition coefficient (Wildman–Crippen LogP) is -0.170. The fraction of sp³-hybridized carbons (Fsp3) is 0.375. The fourth-order valence-electron chi connectivity index (χ4n) is 1.99. The largest absolute Gasteiger partial charge is 0.508 e. The highest BCUT2D eigenvalue weighted by Gasteiger charge is 2.23. The van der Waals surface area contributed by atoms with Crippen LogP contribution in [-0.2, 0) is 19.2 Å². The van der Waals surface area contributed by atoms with Gasteiger partial charge in [0.15, 0.2) is 0 Å². The number of carboxylic acid groups (broad SMARTS) is 2. The molecule has 0 aliphatic heterocycles. The molecule has 160 valence electrons. The summed E-state index contributed by atoms with van der Waals surface area (Å²) in [5.41, 5.74) is 5.33. The average Bonchev–Trinajstić information content (AvgIpc) is 2.64. The van der Waals surface area contributed by atoms with Gasteiger partial charge in [0, 0.05) is 12.2 Å². The lowest BCUT2D eigenvalue weighted by Gasteiger charge is -2.18. The number of aliphatic carboxylic acids is 2. The molecule has 0 aromatic heterocycles. The minimum absolute atomic E-state index is 0.106. The summed E-state index contributed by atoms with van der Waals surface area (Å²) in [6.45, 7) is -0.664. The molecule has 0 aliphatic rings. The van der Waals surface area contributed by atoms with E-state index in [1.165, 1.54) is 12.1 Å². The van der Waals surface area contributed by atoms with Crippen molar-refractivity contribution in [1.82, 2.24) is 10.6 Å². The molecule has 0 saturated heterocycles. The molecule has 1 aromatic carbocycles. The number of nitrogens with two attached hydrogens (primary N) is 1. The lowest BCUT2D eigenvalue weighted by molar-refractivity contribution is -0.139. The molecule has 2 amide bonds. The summed E-state index contributed by atoms with van der Waals surface area (Å²) in [7, 11) is 0. The van der Waals surface area contributed by atoms with E-state index in [1.807, 2.05) is 0 Å². The molecule has 0 bridgehead atoms. The van der Waals surface area contributed by atoms with E-state index in [0.29, 0.717) is 0 Å². The van der Waals surface area contributed by atoms with Gasteiger partial charge in [0.2, 0.25) is 11.8 Å². The SMILES string of the molecule is NC(CCC(=O)NC(CSc1cc(O)cc(Br)c1O)C(=O)NCC(=O)O)C(=O)O. The van der Waals surface area contributed by atoms with E-state index in [9.17, 15) is 29.4 Å². The summed E-state index contributed by atoms with van der Waals surface area (Å²) < 4.78 is 0.221. The third-order valence-corrected chi connectivity index (χ3v) is 5.21. The van der Waals surface area contributed by atoms with Crippen molar-refractivity contribution >= 4 is 51.4 Å². The van der Waals surface area contributed by atoms with Crippen LogP contribution in [0.5, 0.6) is 11.5 Å². The van der Waals surface area contributed by atoms with Crippen molar-refractivity contribution < 1.29 is 39.6 Å². The van der Waals surface area contributed by atoms with Crippen LogP contribution in [0.3, 0.4) is 0 Å². The smallest absolute Gasteiger partial charge is 0.322 e. The Bertz CT molecular complexity index is 792. The van der Waals surface area contributed by atoms with E-state index >= 15 is 0 Å². The van der Waals surface area contributed by atoms with E-state index in [4.69, 9.17) is 15.9 Å². The molecule has 1 aromatic rings. The average molecular weight is 494 g/mol. The minimum Gasteiger partial charge on any atom is -0.508 e. The lowest BCUT2D eigenvalue weighted by Crippen LogP contribution is -2.49. The molecule has 0 spiro atoms. The Labute approximate surface area is 177 Å². The Morgan fingerprint density at radius 2 is 1.83 bits per heavy atom. The number of thioether (sulfide) groups is 1. The number of hydrogen-bond donors (Lipinski definition) is 7. The van der Waals surface area contributed by atoms with Crippen LogP contribution in [0.2, 0.25) is 0 Å². The summed E-state index contributed by atoms with van der Waals surface area (Å²) in [6, 6.07) is 0.0959. The number of rotatable bonds is 11. The molecule has 13 heteroatoms. The summed E-state index contributed by atoms with van der Waals surface area (Å²) in [5.74, 6) is -4.42. The maximum atomic E-state index is 12.2. The molecule has 0 saturated carbocycles. The summed E-state index contributed by atoms with van der Waals surface area (Å²) >= 11 is 4.00. The number of carboxylic acids is 2. The minimum atomic E-state index is -1.28. The molecule has 0 radical (unpaired) electrons.